The quantitative estimate of drug-likeness (QED) is 0.426. The lowest BCUT2D eigenvalue weighted by Gasteiger charge is -2.32. The van der Waals surface area contributed by atoms with Crippen molar-refractivity contribution in [1.82, 2.24) is 24.9 Å². The van der Waals surface area contributed by atoms with Crippen LogP contribution in [0.15, 0.2) is 65.6 Å². The lowest BCUT2D eigenvalue weighted by molar-refractivity contribution is -0.161. The zero-order chi connectivity index (χ0) is 26.2. The molecular weight excluding hydrogens is 470 g/mol. The molecule has 0 spiro atoms. The smallest absolute Gasteiger partial charge is 0.309 e. The number of fused-ring (bicyclic) bond motifs is 1. The van der Waals surface area contributed by atoms with E-state index in [9.17, 15) is 14.4 Å². The standard InChI is InChI=1S/C28H29N5O4/c1-28(2,3)37-27(36)19-12-14-32(15-13-19)26(35)18-8-10-21(11-9-18)33-17-24(30-31-33)22-16-20-6-4-5-7-23(20)29-25(22)34/h4-11,16-17,19H,12-15H2,1-3H3,(H,29,34). The highest BCUT2D eigenvalue weighted by Gasteiger charge is 2.31. The number of esters is 1. The molecule has 1 saturated heterocycles. The molecule has 0 bridgehead atoms. The summed E-state index contributed by atoms with van der Waals surface area (Å²) in [5.41, 5.74) is 2.19. The fourth-order valence-electron chi connectivity index (χ4n) is 4.49. The van der Waals surface area contributed by atoms with Crippen LogP contribution in [0.4, 0.5) is 0 Å². The topological polar surface area (TPSA) is 110 Å². The van der Waals surface area contributed by atoms with Crippen LogP contribution < -0.4 is 5.56 Å². The zero-order valence-electron chi connectivity index (χ0n) is 21.1. The number of benzene rings is 2. The molecular formula is C28H29N5O4. The van der Waals surface area contributed by atoms with Crippen molar-refractivity contribution in [2.75, 3.05) is 13.1 Å². The first-order chi connectivity index (χ1) is 17.7. The molecule has 0 radical (unpaired) electrons. The number of hydrogen-bond acceptors (Lipinski definition) is 6. The summed E-state index contributed by atoms with van der Waals surface area (Å²) >= 11 is 0. The van der Waals surface area contributed by atoms with Crippen molar-refractivity contribution < 1.29 is 14.3 Å². The number of nitrogens with one attached hydrogen (secondary N) is 1. The Morgan fingerprint density at radius 1 is 1.03 bits per heavy atom. The van der Waals surface area contributed by atoms with Gasteiger partial charge in [0.05, 0.1) is 23.4 Å². The molecule has 1 amide bonds. The summed E-state index contributed by atoms with van der Waals surface area (Å²) in [6, 6.07) is 16.5. The molecule has 1 aliphatic rings. The molecule has 37 heavy (non-hydrogen) atoms. The highest BCUT2D eigenvalue weighted by atomic mass is 16.6. The molecule has 9 heteroatoms. The van der Waals surface area contributed by atoms with Crippen LogP contribution in [0.25, 0.3) is 27.8 Å². The van der Waals surface area contributed by atoms with Gasteiger partial charge >= 0.3 is 5.97 Å². The van der Waals surface area contributed by atoms with Gasteiger partial charge in [-0.1, -0.05) is 23.4 Å². The maximum atomic E-state index is 13.0. The van der Waals surface area contributed by atoms with E-state index in [0.29, 0.717) is 42.8 Å². The van der Waals surface area contributed by atoms with E-state index in [-0.39, 0.29) is 23.4 Å². The monoisotopic (exact) mass is 499 g/mol. The number of nitrogens with zero attached hydrogens (tertiary/aromatic N) is 4. The maximum absolute atomic E-state index is 13.0. The molecule has 0 aliphatic carbocycles. The lowest BCUT2D eigenvalue weighted by atomic mass is 9.96. The van der Waals surface area contributed by atoms with Gasteiger partial charge in [0.15, 0.2) is 0 Å². The van der Waals surface area contributed by atoms with Gasteiger partial charge in [0, 0.05) is 24.2 Å². The van der Waals surface area contributed by atoms with Crippen LogP contribution in [0.3, 0.4) is 0 Å². The third-order valence-electron chi connectivity index (χ3n) is 6.42. The SMILES string of the molecule is CC(C)(C)OC(=O)C1CCN(C(=O)c2ccc(-n3cc(-c4cc5ccccc5[nH]c4=O)nn3)cc2)CC1. The first-order valence-corrected chi connectivity index (χ1v) is 12.4. The summed E-state index contributed by atoms with van der Waals surface area (Å²) in [5.74, 6) is -0.444. The molecule has 2 aromatic carbocycles. The number of hydrogen-bond donors (Lipinski definition) is 1. The Balaban J connectivity index is 1.26. The summed E-state index contributed by atoms with van der Waals surface area (Å²) in [6.07, 6.45) is 2.88. The van der Waals surface area contributed by atoms with Gasteiger partial charge in [-0.25, -0.2) is 4.68 Å². The number of carbonyl (C=O) groups excluding carboxylic acids is 2. The van der Waals surface area contributed by atoms with Crippen LogP contribution in [-0.2, 0) is 9.53 Å². The van der Waals surface area contributed by atoms with Crippen molar-refractivity contribution in [3.05, 3.63) is 76.7 Å². The molecule has 2 aromatic heterocycles. The number of H-pyrrole nitrogens is 1. The zero-order valence-corrected chi connectivity index (χ0v) is 21.1. The molecule has 190 valence electrons. The molecule has 0 saturated carbocycles. The van der Waals surface area contributed by atoms with Crippen molar-refractivity contribution in [2.45, 2.75) is 39.2 Å². The van der Waals surface area contributed by atoms with Crippen molar-refractivity contribution in [3.63, 3.8) is 0 Å². The summed E-state index contributed by atoms with van der Waals surface area (Å²) < 4.78 is 7.07. The van der Waals surface area contributed by atoms with Crippen molar-refractivity contribution >= 4 is 22.8 Å². The highest BCUT2D eigenvalue weighted by Crippen LogP contribution is 2.23. The number of piperidine rings is 1. The van der Waals surface area contributed by atoms with Gasteiger partial charge in [0.2, 0.25) is 0 Å². The molecule has 0 atom stereocenters. The lowest BCUT2D eigenvalue weighted by Crippen LogP contribution is -2.41. The van der Waals surface area contributed by atoms with Crippen molar-refractivity contribution in [3.8, 4) is 16.9 Å². The number of likely N-dealkylation sites (tertiary alicyclic amines) is 1. The van der Waals surface area contributed by atoms with E-state index in [0.717, 1.165) is 16.6 Å². The van der Waals surface area contributed by atoms with Crippen LogP contribution in [0.2, 0.25) is 0 Å². The Morgan fingerprint density at radius 3 is 2.43 bits per heavy atom. The van der Waals surface area contributed by atoms with Gasteiger partial charge in [0.1, 0.15) is 11.3 Å². The third-order valence-corrected chi connectivity index (χ3v) is 6.42. The molecule has 1 aliphatic heterocycles. The van der Waals surface area contributed by atoms with E-state index in [1.54, 1.807) is 46.1 Å². The van der Waals surface area contributed by atoms with E-state index in [1.165, 1.54) is 0 Å². The van der Waals surface area contributed by atoms with Gasteiger partial charge in [0.25, 0.3) is 11.5 Å². The van der Waals surface area contributed by atoms with Gasteiger partial charge in [-0.2, -0.15) is 0 Å². The van der Waals surface area contributed by atoms with Gasteiger partial charge < -0.3 is 14.6 Å². The van der Waals surface area contributed by atoms with Crippen LogP contribution in [0.1, 0.15) is 44.0 Å². The molecule has 5 rings (SSSR count). The van der Waals surface area contributed by atoms with Crippen LogP contribution in [0.5, 0.6) is 0 Å². The number of aromatic amines is 1. The minimum absolute atomic E-state index is 0.0730. The highest BCUT2D eigenvalue weighted by molar-refractivity contribution is 5.94. The van der Waals surface area contributed by atoms with E-state index in [1.807, 2.05) is 45.0 Å². The minimum Gasteiger partial charge on any atom is -0.460 e. The Bertz CT molecular complexity index is 1510. The van der Waals surface area contributed by atoms with Gasteiger partial charge in [-0.15, -0.1) is 5.10 Å². The second-order valence-corrected chi connectivity index (χ2v) is 10.3. The second kappa shape index (κ2) is 9.65. The number of ether oxygens (including phenoxy) is 1. The van der Waals surface area contributed by atoms with E-state index < -0.39 is 5.60 Å². The first-order valence-electron chi connectivity index (χ1n) is 12.4. The number of para-hydroxylation sites is 1. The molecule has 9 nitrogen and oxygen atoms in total. The van der Waals surface area contributed by atoms with E-state index in [2.05, 4.69) is 15.3 Å². The van der Waals surface area contributed by atoms with Crippen molar-refractivity contribution in [2.24, 2.45) is 5.92 Å². The van der Waals surface area contributed by atoms with Crippen LogP contribution >= 0.6 is 0 Å². The molecule has 3 heterocycles. The van der Waals surface area contributed by atoms with E-state index >= 15 is 0 Å². The number of carbonyl (C=O) groups is 2. The Labute approximate surface area is 214 Å². The van der Waals surface area contributed by atoms with Gasteiger partial charge in [-0.3, -0.25) is 14.4 Å². The first kappa shape index (κ1) is 24.4. The van der Waals surface area contributed by atoms with Crippen molar-refractivity contribution in [1.29, 1.82) is 0 Å². The number of amides is 1. The molecule has 1 N–H and O–H groups in total. The summed E-state index contributed by atoms with van der Waals surface area (Å²) in [7, 11) is 0. The van der Waals surface area contributed by atoms with Crippen LogP contribution in [-0.4, -0.2) is 55.4 Å². The summed E-state index contributed by atoms with van der Waals surface area (Å²) in [4.78, 5) is 42.6. The second-order valence-electron chi connectivity index (χ2n) is 10.3. The Hall–Kier alpha value is -4.27. The number of aromatic nitrogens is 4. The normalized spacial score (nSPS) is 14.6. The Kier molecular flexibility index (Phi) is 6.37. The summed E-state index contributed by atoms with van der Waals surface area (Å²) in [5, 5.41) is 9.27. The Morgan fingerprint density at radius 2 is 1.73 bits per heavy atom. The largest absolute Gasteiger partial charge is 0.460 e. The third kappa shape index (κ3) is 5.30. The fourth-order valence-corrected chi connectivity index (χ4v) is 4.49. The molecule has 0 unspecified atom stereocenters. The minimum atomic E-state index is -0.512. The average molecular weight is 500 g/mol. The van der Waals surface area contributed by atoms with Crippen LogP contribution in [0, 0.1) is 5.92 Å². The number of rotatable bonds is 4. The maximum Gasteiger partial charge on any atom is 0.309 e. The predicted octanol–water partition coefficient (Wildman–Crippen LogP) is 3.97. The molecule has 1 fully saturated rings. The average Bonchev–Trinajstić information content (AvgIpc) is 3.37. The number of pyridine rings is 1. The summed E-state index contributed by atoms with van der Waals surface area (Å²) in [6.45, 7) is 6.60. The predicted molar refractivity (Wildman–Crippen MR) is 139 cm³/mol. The van der Waals surface area contributed by atoms with E-state index in [4.69, 9.17) is 4.74 Å². The molecule has 4 aromatic rings. The van der Waals surface area contributed by atoms with Gasteiger partial charge in [-0.05, 0) is 75.4 Å². The fraction of sp³-hybridized carbons (Fsp3) is 0.321.